The second-order valence-corrected chi connectivity index (χ2v) is 5.92. The van der Waals surface area contributed by atoms with Crippen LogP contribution in [0.3, 0.4) is 0 Å². The summed E-state index contributed by atoms with van der Waals surface area (Å²) in [6.45, 7) is 3.68. The van der Waals surface area contributed by atoms with Crippen LogP contribution in [0.25, 0.3) is 0 Å². The van der Waals surface area contributed by atoms with E-state index in [-0.39, 0.29) is 0 Å². The van der Waals surface area contributed by atoms with Crippen LogP contribution in [-0.4, -0.2) is 43.2 Å². The molecule has 0 saturated carbocycles. The molecule has 1 aromatic heterocycles. The van der Waals surface area contributed by atoms with Crippen LogP contribution in [0.5, 0.6) is 0 Å². The molecule has 0 bridgehead atoms. The highest BCUT2D eigenvalue weighted by Crippen LogP contribution is 2.16. The quantitative estimate of drug-likeness (QED) is 0.713. The van der Waals surface area contributed by atoms with Crippen molar-refractivity contribution in [2.45, 2.75) is 51.6 Å². The first-order chi connectivity index (χ1) is 12.0. The Labute approximate surface area is 146 Å². The molecule has 0 aliphatic rings. The Morgan fingerprint density at radius 1 is 1.28 bits per heavy atom. The van der Waals surface area contributed by atoms with Gasteiger partial charge in [-0.25, -0.2) is 9.48 Å². The molecular formula is C17H23N5O3. The van der Waals surface area contributed by atoms with E-state index in [9.17, 15) is 14.7 Å². The fourth-order valence-corrected chi connectivity index (χ4v) is 2.59. The smallest absolute Gasteiger partial charge is 0.326 e. The summed E-state index contributed by atoms with van der Waals surface area (Å²) < 4.78 is 1.43. The first-order valence-corrected chi connectivity index (χ1v) is 8.34. The van der Waals surface area contributed by atoms with Gasteiger partial charge < -0.3 is 10.4 Å². The molecule has 0 radical (unpaired) electrons. The third kappa shape index (κ3) is 5.10. The van der Waals surface area contributed by atoms with E-state index in [1.807, 2.05) is 37.3 Å². The third-order valence-corrected chi connectivity index (χ3v) is 3.99. The van der Waals surface area contributed by atoms with Gasteiger partial charge in [0.05, 0.1) is 0 Å². The maximum Gasteiger partial charge on any atom is 0.326 e. The molecule has 0 spiro atoms. The summed E-state index contributed by atoms with van der Waals surface area (Å²) >= 11 is 0. The topological polar surface area (TPSA) is 110 Å². The Balaban J connectivity index is 2.20. The van der Waals surface area contributed by atoms with E-state index in [0.29, 0.717) is 18.7 Å². The molecule has 0 aliphatic heterocycles. The second kappa shape index (κ2) is 8.91. The maximum atomic E-state index is 12.8. The van der Waals surface area contributed by atoms with Crippen LogP contribution in [0.4, 0.5) is 0 Å². The molecule has 8 heteroatoms. The van der Waals surface area contributed by atoms with E-state index >= 15 is 0 Å². The number of hydrogen-bond acceptors (Lipinski definition) is 5. The molecule has 2 aromatic rings. The first-order valence-electron chi connectivity index (χ1n) is 8.34. The first kappa shape index (κ1) is 18.6. The molecule has 2 unspecified atom stereocenters. The van der Waals surface area contributed by atoms with E-state index in [0.717, 1.165) is 18.4 Å². The number of aliphatic carboxylic acids is 1. The highest BCUT2D eigenvalue weighted by atomic mass is 16.4. The number of amides is 1. The summed E-state index contributed by atoms with van der Waals surface area (Å²) in [7, 11) is 0. The fourth-order valence-electron chi connectivity index (χ4n) is 2.59. The van der Waals surface area contributed by atoms with Gasteiger partial charge in [0.25, 0.3) is 0 Å². The zero-order valence-corrected chi connectivity index (χ0v) is 14.4. The van der Waals surface area contributed by atoms with Gasteiger partial charge in [-0.15, -0.1) is 5.10 Å². The number of nitrogens with zero attached hydrogens (tertiary/aromatic N) is 4. The number of benzene rings is 1. The van der Waals surface area contributed by atoms with Gasteiger partial charge in [0.2, 0.25) is 5.91 Å². The molecule has 2 N–H and O–H groups in total. The minimum Gasteiger partial charge on any atom is -0.480 e. The van der Waals surface area contributed by atoms with Crippen molar-refractivity contribution in [1.29, 1.82) is 0 Å². The lowest BCUT2D eigenvalue weighted by atomic mass is 10.0. The summed E-state index contributed by atoms with van der Waals surface area (Å²) in [5.41, 5.74) is 0.943. The highest BCUT2D eigenvalue weighted by Gasteiger charge is 2.28. The average molecular weight is 345 g/mol. The van der Waals surface area contributed by atoms with Gasteiger partial charge in [0, 0.05) is 6.42 Å². The summed E-state index contributed by atoms with van der Waals surface area (Å²) in [5.74, 6) is -0.937. The Bertz CT molecular complexity index is 701. The lowest BCUT2D eigenvalue weighted by Gasteiger charge is -2.21. The molecule has 1 amide bonds. The number of carbonyl (C=O) groups excluding carboxylic acids is 1. The number of nitrogens with one attached hydrogen (secondary N) is 1. The van der Waals surface area contributed by atoms with Crippen molar-refractivity contribution in [2.24, 2.45) is 0 Å². The molecule has 2 rings (SSSR count). The third-order valence-electron chi connectivity index (χ3n) is 3.99. The Hall–Kier alpha value is -2.77. The Morgan fingerprint density at radius 2 is 2.00 bits per heavy atom. The Kier molecular flexibility index (Phi) is 6.62. The van der Waals surface area contributed by atoms with Gasteiger partial charge in [-0.3, -0.25) is 4.79 Å². The zero-order chi connectivity index (χ0) is 18.2. The number of aryl methyl sites for hydroxylation is 1. The van der Waals surface area contributed by atoms with Crippen LogP contribution in [-0.2, 0) is 16.0 Å². The maximum absolute atomic E-state index is 12.8. The van der Waals surface area contributed by atoms with Gasteiger partial charge in [0.15, 0.2) is 0 Å². The van der Waals surface area contributed by atoms with Crippen LogP contribution in [0.15, 0.2) is 30.3 Å². The van der Waals surface area contributed by atoms with Gasteiger partial charge >= 0.3 is 5.97 Å². The van der Waals surface area contributed by atoms with Crippen molar-refractivity contribution in [3.8, 4) is 0 Å². The van der Waals surface area contributed by atoms with Crippen molar-refractivity contribution in [3.05, 3.63) is 41.7 Å². The molecule has 2 atom stereocenters. The standard InChI is InChI=1S/C17H23N5O3/c1-3-4-10-14(17(24)25)18-16(23)15(22-12(2)19-20-21-22)11-13-8-6-5-7-9-13/h5-9,14-15H,3-4,10-11H2,1-2H3,(H,18,23)(H,24,25). The van der Waals surface area contributed by atoms with Crippen molar-refractivity contribution in [1.82, 2.24) is 25.5 Å². The molecule has 8 nitrogen and oxygen atoms in total. The fraction of sp³-hybridized carbons (Fsp3) is 0.471. The average Bonchev–Trinajstić information content (AvgIpc) is 3.02. The molecule has 134 valence electrons. The molecule has 0 fully saturated rings. The van der Waals surface area contributed by atoms with Gasteiger partial charge in [-0.05, 0) is 29.3 Å². The number of tetrazole rings is 1. The SMILES string of the molecule is CCCCC(NC(=O)C(Cc1ccccc1)n1nnnc1C)C(=O)O. The largest absolute Gasteiger partial charge is 0.480 e. The molecule has 1 heterocycles. The van der Waals surface area contributed by atoms with Crippen LogP contribution < -0.4 is 5.32 Å². The van der Waals surface area contributed by atoms with E-state index in [1.165, 1.54) is 4.68 Å². The predicted molar refractivity (Wildman–Crippen MR) is 90.8 cm³/mol. The van der Waals surface area contributed by atoms with E-state index in [4.69, 9.17) is 0 Å². The summed E-state index contributed by atoms with van der Waals surface area (Å²) in [6, 6.07) is 7.86. The van der Waals surface area contributed by atoms with Gasteiger partial charge in [-0.2, -0.15) is 0 Å². The van der Waals surface area contributed by atoms with Crippen molar-refractivity contribution < 1.29 is 14.7 Å². The van der Waals surface area contributed by atoms with E-state index < -0.39 is 24.0 Å². The van der Waals surface area contributed by atoms with Crippen LogP contribution in [0, 0.1) is 6.92 Å². The normalized spacial score (nSPS) is 13.2. The van der Waals surface area contributed by atoms with Gasteiger partial charge in [-0.1, -0.05) is 50.1 Å². The molecule has 0 saturated heterocycles. The monoisotopic (exact) mass is 345 g/mol. The van der Waals surface area contributed by atoms with Crippen LogP contribution >= 0.6 is 0 Å². The minimum absolute atomic E-state index is 0.374. The highest BCUT2D eigenvalue weighted by molar-refractivity contribution is 5.86. The molecular weight excluding hydrogens is 322 g/mol. The lowest BCUT2D eigenvalue weighted by molar-refractivity contribution is -0.142. The number of carboxylic acid groups (broad SMARTS) is 1. The summed E-state index contributed by atoms with van der Waals surface area (Å²) in [4.78, 5) is 24.2. The second-order valence-electron chi connectivity index (χ2n) is 5.92. The minimum atomic E-state index is -1.03. The van der Waals surface area contributed by atoms with Crippen molar-refractivity contribution in [2.75, 3.05) is 0 Å². The zero-order valence-electron chi connectivity index (χ0n) is 14.4. The van der Waals surface area contributed by atoms with E-state index in [2.05, 4.69) is 20.8 Å². The molecule has 1 aromatic carbocycles. The van der Waals surface area contributed by atoms with Crippen LogP contribution in [0.2, 0.25) is 0 Å². The molecule has 0 aliphatic carbocycles. The number of carboxylic acids is 1. The van der Waals surface area contributed by atoms with Gasteiger partial charge in [0.1, 0.15) is 17.9 Å². The number of hydrogen-bond donors (Lipinski definition) is 2. The number of unbranched alkanes of at least 4 members (excludes halogenated alkanes) is 1. The Morgan fingerprint density at radius 3 is 2.56 bits per heavy atom. The molecule has 25 heavy (non-hydrogen) atoms. The number of aromatic nitrogens is 4. The van der Waals surface area contributed by atoms with E-state index in [1.54, 1.807) is 6.92 Å². The number of carbonyl (C=O) groups is 2. The van der Waals surface area contributed by atoms with Crippen molar-refractivity contribution in [3.63, 3.8) is 0 Å². The lowest BCUT2D eigenvalue weighted by Crippen LogP contribution is -2.45. The van der Waals surface area contributed by atoms with Crippen molar-refractivity contribution >= 4 is 11.9 Å². The number of rotatable bonds is 9. The summed E-state index contributed by atoms with van der Waals surface area (Å²) in [5, 5.41) is 23.3. The summed E-state index contributed by atoms with van der Waals surface area (Å²) in [6.07, 6.45) is 2.35. The van der Waals surface area contributed by atoms with Crippen LogP contribution in [0.1, 0.15) is 43.6 Å². The predicted octanol–water partition coefficient (Wildman–Crippen LogP) is 1.52.